The van der Waals surface area contributed by atoms with Crippen LogP contribution >= 0.6 is 0 Å². The molecule has 0 atom stereocenters. The molecule has 3 N–H and O–H groups in total. The number of anilines is 2. The van der Waals surface area contributed by atoms with Crippen molar-refractivity contribution >= 4 is 33.2 Å². The van der Waals surface area contributed by atoms with Gasteiger partial charge in [0.2, 0.25) is 15.9 Å². The van der Waals surface area contributed by atoms with Gasteiger partial charge in [-0.1, -0.05) is 25.5 Å². The van der Waals surface area contributed by atoms with Crippen LogP contribution in [0.15, 0.2) is 42.5 Å². The van der Waals surface area contributed by atoms with Gasteiger partial charge in [0.05, 0.1) is 24.1 Å². The quantitative estimate of drug-likeness (QED) is 0.458. The summed E-state index contributed by atoms with van der Waals surface area (Å²) in [4.78, 5) is 24.0. The van der Waals surface area contributed by atoms with Crippen LogP contribution in [0, 0.1) is 0 Å². The molecule has 0 heterocycles. The standard InChI is InChI=1S/C22H29N3O5S/c1-4-5-14-30-19-9-6-17(7-10-19)12-13-23-22(27)20-15-18(24-16(2)26)8-11-21(20)25-31(3,28)29/h6-11,15,25H,4-5,12-14H2,1-3H3,(H,23,27)(H,24,26). The third-order valence-corrected chi connectivity index (χ3v) is 4.86. The molecular formula is C22H29N3O5S. The van der Waals surface area contributed by atoms with Crippen LogP contribution in [0.2, 0.25) is 0 Å². The van der Waals surface area contributed by atoms with Gasteiger partial charge in [-0.15, -0.1) is 0 Å². The first-order valence-electron chi connectivity index (χ1n) is 10.1. The number of ether oxygens (including phenoxy) is 1. The summed E-state index contributed by atoms with van der Waals surface area (Å²) in [6.45, 7) is 4.50. The van der Waals surface area contributed by atoms with Crippen LogP contribution in [0.5, 0.6) is 5.75 Å². The maximum absolute atomic E-state index is 12.7. The van der Waals surface area contributed by atoms with E-state index in [1.165, 1.54) is 25.1 Å². The Bertz CT molecular complexity index is 1000. The molecule has 0 aliphatic heterocycles. The first-order chi connectivity index (χ1) is 14.7. The normalized spacial score (nSPS) is 10.9. The highest BCUT2D eigenvalue weighted by Gasteiger charge is 2.15. The second kappa shape index (κ2) is 11.4. The van der Waals surface area contributed by atoms with Crippen LogP contribution in [-0.4, -0.2) is 39.6 Å². The molecule has 0 saturated heterocycles. The van der Waals surface area contributed by atoms with E-state index >= 15 is 0 Å². The van der Waals surface area contributed by atoms with Crippen LogP contribution in [-0.2, 0) is 21.2 Å². The highest BCUT2D eigenvalue weighted by atomic mass is 32.2. The number of nitrogens with one attached hydrogen (secondary N) is 3. The van der Waals surface area contributed by atoms with E-state index in [2.05, 4.69) is 22.3 Å². The van der Waals surface area contributed by atoms with Crippen LogP contribution < -0.4 is 20.1 Å². The first kappa shape index (κ1) is 24.2. The van der Waals surface area contributed by atoms with E-state index in [4.69, 9.17) is 4.74 Å². The average Bonchev–Trinajstić information content (AvgIpc) is 2.69. The van der Waals surface area contributed by atoms with Gasteiger partial charge in [0.15, 0.2) is 0 Å². The zero-order valence-electron chi connectivity index (χ0n) is 18.0. The number of rotatable bonds is 11. The lowest BCUT2D eigenvalue weighted by molar-refractivity contribution is -0.114. The Morgan fingerprint density at radius 2 is 1.77 bits per heavy atom. The van der Waals surface area contributed by atoms with Crippen molar-refractivity contribution in [1.29, 1.82) is 0 Å². The molecule has 168 valence electrons. The zero-order chi connectivity index (χ0) is 22.9. The second-order valence-corrected chi connectivity index (χ2v) is 8.92. The molecule has 9 heteroatoms. The van der Waals surface area contributed by atoms with Crippen LogP contribution in [0.4, 0.5) is 11.4 Å². The van der Waals surface area contributed by atoms with Crippen molar-refractivity contribution in [2.45, 2.75) is 33.1 Å². The summed E-state index contributed by atoms with van der Waals surface area (Å²) in [5.41, 5.74) is 1.69. The molecule has 0 fully saturated rings. The number of hydrogen-bond donors (Lipinski definition) is 3. The van der Waals surface area contributed by atoms with Crippen molar-refractivity contribution < 1.29 is 22.7 Å². The smallest absolute Gasteiger partial charge is 0.253 e. The molecule has 0 aliphatic rings. The van der Waals surface area contributed by atoms with Crippen molar-refractivity contribution in [3.05, 3.63) is 53.6 Å². The highest BCUT2D eigenvalue weighted by molar-refractivity contribution is 7.92. The largest absolute Gasteiger partial charge is 0.494 e. The van der Waals surface area contributed by atoms with Gasteiger partial charge in [0, 0.05) is 19.2 Å². The Morgan fingerprint density at radius 3 is 2.39 bits per heavy atom. The molecule has 2 aromatic carbocycles. The maximum atomic E-state index is 12.7. The minimum absolute atomic E-state index is 0.122. The summed E-state index contributed by atoms with van der Waals surface area (Å²) < 4.78 is 31.2. The third kappa shape index (κ3) is 8.67. The summed E-state index contributed by atoms with van der Waals surface area (Å²) in [6.07, 6.45) is 3.69. The lowest BCUT2D eigenvalue weighted by Gasteiger charge is -2.13. The fraction of sp³-hybridized carbons (Fsp3) is 0.364. The Labute approximate surface area is 183 Å². The fourth-order valence-corrected chi connectivity index (χ4v) is 3.38. The highest BCUT2D eigenvalue weighted by Crippen LogP contribution is 2.22. The number of sulfonamides is 1. The van der Waals surface area contributed by atoms with Crippen molar-refractivity contribution in [3.63, 3.8) is 0 Å². The number of unbranched alkanes of at least 4 members (excludes halogenated alkanes) is 1. The van der Waals surface area contributed by atoms with E-state index in [0.717, 1.165) is 30.4 Å². The first-order valence-corrected chi connectivity index (χ1v) is 12.0. The van der Waals surface area contributed by atoms with Gasteiger partial charge in [0.1, 0.15) is 5.75 Å². The Kier molecular flexibility index (Phi) is 8.87. The Balaban J connectivity index is 2.02. The summed E-state index contributed by atoms with van der Waals surface area (Å²) in [6, 6.07) is 12.1. The second-order valence-electron chi connectivity index (χ2n) is 7.17. The van der Waals surface area contributed by atoms with E-state index in [0.29, 0.717) is 25.3 Å². The van der Waals surface area contributed by atoms with Crippen molar-refractivity contribution in [2.75, 3.05) is 29.4 Å². The molecule has 31 heavy (non-hydrogen) atoms. The van der Waals surface area contributed by atoms with Gasteiger partial charge in [0.25, 0.3) is 5.91 Å². The summed E-state index contributed by atoms with van der Waals surface area (Å²) >= 11 is 0. The molecule has 0 radical (unpaired) electrons. The van der Waals surface area contributed by atoms with Crippen LogP contribution in [0.3, 0.4) is 0 Å². The number of carbonyl (C=O) groups is 2. The summed E-state index contributed by atoms with van der Waals surface area (Å²) in [5.74, 6) is 0.0719. The SMILES string of the molecule is CCCCOc1ccc(CCNC(=O)c2cc(NC(C)=O)ccc2NS(C)(=O)=O)cc1. The van der Waals surface area contributed by atoms with E-state index < -0.39 is 15.9 Å². The number of amides is 2. The average molecular weight is 448 g/mol. The minimum atomic E-state index is -3.57. The Morgan fingerprint density at radius 1 is 1.06 bits per heavy atom. The maximum Gasteiger partial charge on any atom is 0.253 e. The molecular weight excluding hydrogens is 418 g/mol. The van der Waals surface area contributed by atoms with E-state index in [-0.39, 0.29) is 17.2 Å². The van der Waals surface area contributed by atoms with Gasteiger partial charge in [-0.25, -0.2) is 8.42 Å². The van der Waals surface area contributed by atoms with E-state index in [1.807, 2.05) is 24.3 Å². The predicted molar refractivity (Wildman–Crippen MR) is 122 cm³/mol. The number of hydrogen-bond acceptors (Lipinski definition) is 5. The summed E-state index contributed by atoms with van der Waals surface area (Å²) in [5, 5.41) is 5.38. The van der Waals surface area contributed by atoms with Gasteiger partial charge in [-0.05, 0) is 48.7 Å². The number of carbonyl (C=O) groups excluding carboxylic acids is 2. The minimum Gasteiger partial charge on any atom is -0.494 e. The number of benzene rings is 2. The molecule has 0 bridgehead atoms. The topological polar surface area (TPSA) is 114 Å². The molecule has 0 spiro atoms. The molecule has 8 nitrogen and oxygen atoms in total. The van der Waals surface area contributed by atoms with Crippen molar-refractivity contribution in [3.8, 4) is 5.75 Å². The van der Waals surface area contributed by atoms with E-state index in [1.54, 1.807) is 0 Å². The predicted octanol–water partition coefficient (Wildman–Crippen LogP) is 3.17. The van der Waals surface area contributed by atoms with E-state index in [9.17, 15) is 18.0 Å². The molecule has 0 unspecified atom stereocenters. The van der Waals surface area contributed by atoms with Crippen molar-refractivity contribution in [1.82, 2.24) is 5.32 Å². The molecule has 0 aliphatic carbocycles. The molecule has 0 saturated carbocycles. The van der Waals surface area contributed by atoms with Gasteiger partial charge in [-0.3, -0.25) is 14.3 Å². The molecule has 0 aromatic heterocycles. The molecule has 2 amide bonds. The Hall–Kier alpha value is -3.07. The monoisotopic (exact) mass is 447 g/mol. The van der Waals surface area contributed by atoms with Gasteiger partial charge >= 0.3 is 0 Å². The van der Waals surface area contributed by atoms with Gasteiger partial charge < -0.3 is 15.4 Å². The molecule has 2 rings (SSSR count). The third-order valence-electron chi connectivity index (χ3n) is 4.27. The van der Waals surface area contributed by atoms with Crippen molar-refractivity contribution in [2.24, 2.45) is 0 Å². The van der Waals surface area contributed by atoms with Gasteiger partial charge in [-0.2, -0.15) is 0 Å². The van der Waals surface area contributed by atoms with Crippen LogP contribution in [0.25, 0.3) is 0 Å². The lowest BCUT2D eigenvalue weighted by Crippen LogP contribution is -2.27. The zero-order valence-corrected chi connectivity index (χ0v) is 18.8. The fourth-order valence-electron chi connectivity index (χ4n) is 2.80. The molecule has 2 aromatic rings. The lowest BCUT2D eigenvalue weighted by atomic mass is 10.1. The van der Waals surface area contributed by atoms with Crippen LogP contribution in [0.1, 0.15) is 42.6 Å². The summed E-state index contributed by atoms with van der Waals surface area (Å²) in [7, 11) is -3.57.